The Morgan fingerprint density at radius 3 is 2.49 bits per heavy atom. The zero-order valence-corrected chi connectivity index (χ0v) is 23.5. The highest BCUT2D eigenvalue weighted by atomic mass is 35.5. The largest absolute Gasteiger partial charge is 0.417 e. The molecule has 1 unspecified atom stereocenters. The van der Waals surface area contributed by atoms with Gasteiger partial charge in [0.2, 0.25) is 5.95 Å². The molecule has 41 heavy (non-hydrogen) atoms. The van der Waals surface area contributed by atoms with Gasteiger partial charge in [0.15, 0.2) is 0 Å². The standard InChI is InChI=1S/C28H28ClF3N6O3/c1-6-27(3,4)36-26-35-22-14-37(24(40)16-7-9-20(29)19(12-16)28(30,31)32)15(2)11-18(22)25(41)38(26)17-8-10-21(34-13-17)23(39)33-5/h6-10,12-13,15H,1,11,14H2,2-5H3,(H,33,39)(H,35,36). The lowest BCUT2D eigenvalue weighted by atomic mass is 9.98. The third-order valence-electron chi connectivity index (χ3n) is 6.80. The average Bonchev–Trinajstić information content (AvgIpc) is 2.92. The van der Waals surface area contributed by atoms with Gasteiger partial charge in [-0.15, -0.1) is 6.58 Å². The van der Waals surface area contributed by atoms with Crippen LogP contribution < -0.4 is 16.2 Å². The quantitative estimate of drug-likeness (QED) is 0.407. The molecule has 0 saturated heterocycles. The van der Waals surface area contributed by atoms with E-state index in [0.717, 1.165) is 12.1 Å². The summed E-state index contributed by atoms with van der Waals surface area (Å²) in [6, 6.07) is 5.53. The number of nitrogens with zero attached hydrogens (tertiary/aromatic N) is 4. The van der Waals surface area contributed by atoms with Gasteiger partial charge in [-0.05, 0) is 57.5 Å². The number of rotatable bonds is 6. The number of anilines is 1. The number of hydrogen-bond acceptors (Lipinski definition) is 6. The molecular formula is C28H28ClF3N6O3. The Morgan fingerprint density at radius 2 is 1.90 bits per heavy atom. The van der Waals surface area contributed by atoms with Gasteiger partial charge >= 0.3 is 6.18 Å². The van der Waals surface area contributed by atoms with E-state index < -0.39 is 39.8 Å². The van der Waals surface area contributed by atoms with Gasteiger partial charge in [0, 0.05) is 24.2 Å². The van der Waals surface area contributed by atoms with E-state index in [1.807, 2.05) is 13.8 Å². The first-order chi connectivity index (χ1) is 19.2. The number of benzene rings is 1. The Kier molecular flexibility index (Phi) is 7.99. The van der Waals surface area contributed by atoms with E-state index in [1.54, 1.807) is 19.1 Å². The number of alkyl halides is 3. The molecule has 2 N–H and O–H groups in total. The molecule has 0 radical (unpaired) electrons. The molecule has 1 aromatic carbocycles. The predicted molar refractivity (Wildman–Crippen MR) is 148 cm³/mol. The van der Waals surface area contributed by atoms with E-state index in [2.05, 4.69) is 22.2 Å². The molecule has 216 valence electrons. The summed E-state index contributed by atoms with van der Waals surface area (Å²) in [6.07, 6.45) is -1.60. The van der Waals surface area contributed by atoms with Crippen LogP contribution in [-0.2, 0) is 19.1 Å². The number of nitrogens with one attached hydrogen (secondary N) is 2. The summed E-state index contributed by atoms with van der Waals surface area (Å²) in [5.74, 6) is -0.896. The lowest BCUT2D eigenvalue weighted by Gasteiger charge is -2.35. The van der Waals surface area contributed by atoms with Gasteiger partial charge in [-0.2, -0.15) is 13.2 Å². The van der Waals surface area contributed by atoms with Gasteiger partial charge in [-0.3, -0.25) is 14.4 Å². The molecule has 3 heterocycles. The fraction of sp³-hybridized carbons (Fsp3) is 0.321. The van der Waals surface area contributed by atoms with Crippen LogP contribution in [0.5, 0.6) is 0 Å². The number of aromatic nitrogens is 3. The minimum absolute atomic E-state index is 0.105. The van der Waals surface area contributed by atoms with Crippen molar-refractivity contribution in [2.24, 2.45) is 0 Å². The molecule has 0 aliphatic carbocycles. The molecule has 2 amide bonds. The minimum Gasteiger partial charge on any atom is -0.354 e. The second kappa shape index (κ2) is 11.0. The van der Waals surface area contributed by atoms with E-state index in [4.69, 9.17) is 16.6 Å². The van der Waals surface area contributed by atoms with Crippen molar-refractivity contribution in [3.05, 3.63) is 92.6 Å². The van der Waals surface area contributed by atoms with E-state index in [-0.39, 0.29) is 36.1 Å². The molecule has 0 fully saturated rings. The van der Waals surface area contributed by atoms with E-state index in [9.17, 15) is 27.6 Å². The molecular weight excluding hydrogens is 561 g/mol. The summed E-state index contributed by atoms with van der Waals surface area (Å²) in [7, 11) is 1.48. The van der Waals surface area contributed by atoms with Gasteiger partial charge in [-0.1, -0.05) is 17.7 Å². The molecule has 1 aliphatic heterocycles. The number of carbonyl (C=O) groups is 2. The van der Waals surface area contributed by atoms with Crippen LogP contribution in [0, 0.1) is 0 Å². The van der Waals surface area contributed by atoms with Crippen LogP contribution in [0.25, 0.3) is 5.69 Å². The third kappa shape index (κ3) is 5.97. The van der Waals surface area contributed by atoms with Gasteiger partial charge in [0.05, 0.1) is 40.2 Å². The van der Waals surface area contributed by atoms with Gasteiger partial charge in [0.25, 0.3) is 17.4 Å². The zero-order valence-electron chi connectivity index (χ0n) is 22.8. The lowest BCUT2D eigenvalue weighted by molar-refractivity contribution is -0.137. The monoisotopic (exact) mass is 588 g/mol. The molecule has 2 aromatic heterocycles. The van der Waals surface area contributed by atoms with Gasteiger partial charge < -0.3 is 15.5 Å². The maximum Gasteiger partial charge on any atom is 0.417 e. The molecule has 0 saturated carbocycles. The van der Waals surface area contributed by atoms with Gasteiger partial charge in [-0.25, -0.2) is 14.5 Å². The minimum atomic E-state index is -4.73. The second-order valence-electron chi connectivity index (χ2n) is 10.2. The van der Waals surface area contributed by atoms with Crippen molar-refractivity contribution < 1.29 is 22.8 Å². The maximum atomic E-state index is 13.9. The Hall–Kier alpha value is -4.19. The summed E-state index contributed by atoms with van der Waals surface area (Å²) in [4.78, 5) is 49.4. The molecule has 9 nitrogen and oxygen atoms in total. The van der Waals surface area contributed by atoms with Crippen LogP contribution in [0.2, 0.25) is 5.02 Å². The molecule has 0 spiro atoms. The highest BCUT2D eigenvalue weighted by Crippen LogP contribution is 2.36. The highest BCUT2D eigenvalue weighted by molar-refractivity contribution is 6.31. The van der Waals surface area contributed by atoms with Crippen molar-refractivity contribution in [3.8, 4) is 5.69 Å². The smallest absolute Gasteiger partial charge is 0.354 e. The molecule has 4 rings (SSSR count). The van der Waals surface area contributed by atoms with Crippen LogP contribution in [0.4, 0.5) is 19.1 Å². The Balaban J connectivity index is 1.79. The second-order valence-corrected chi connectivity index (χ2v) is 10.6. The number of amides is 2. The number of halogens is 4. The van der Waals surface area contributed by atoms with E-state index in [0.29, 0.717) is 16.9 Å². The lowest BCUT2D eigenvalue weighted by Crippen LogP contribution is -2.46. The first-order valence-electron chi connectivity index (χ1n) is 12.6. The SMILES string of the molecule is C=CC(C)(C)Nc1nc2c(c(=O)n1-c1ccc(C(=O)NC)nc1)CC(C)N(C(=O)c1ccc(Cl)c(C(F)(F)F)c1)C2. The number of carbonyl (C=O) groups excluding carboxylic acids is 2. The predicted octanol–water partition coefficient (Wildman–Crippen LogP) is 4.62. The summed E-state index contributed by atoms with van der Waals surface area (Å²) in [5, 5.41) is 5.15. The molecule has 0 bridgehead atoms. The number of fused-ring (bicyclic) bond motifs is 1. The highest BCUT2D eigenvalue weighted by Gasteiger charge is 2.36. The van der Waals surface area contributed by atoms with Crippen molar-refractivity contribution in [2.75, 3.05) is 12.4 Å². The summed E-state index contributed by atoms with van der Waals surface area (Å²) in [6.45, 7) is 9.05. The van der Waals surface area contributed by atoms with Crippen LogP contribution in [-0.4, -0.2) is 49.9 Å². The topological polar surface area (TPSA) is 109 Å². The van der Waals surface area contributed by atoms with Crippen LogP contribution >= 0.6 is 11.6 Å². The number of hydrogen-bond donors (Lipinski definition) is 2. The Morgan fingerprint density at radius 1 is 1.20 bits per heavy atom. The molecule has 1 aliphatic rings. The van der Waals surface area contributed by atoms with Crippen molar-refractivity contribution in [1.29, 1.82) is 0 Å². The Bertz CT molecular complexity index is 1580. The van der Waals surface area contributed by atoms with Crippen LogP contribution in [0.15, 0.2) is 54.0 Å². The first kappa shape index (κ1) is 29.8. The van der Waals surface area contributed by atoms with E-state index in [1.165, 1.54) is 34.8 Å². The van der Waals surface area contributed by atoms with Gasteiger partial charge in [0.1, 0.15) is 5.69 Å². The molecule has 3 aromatic rings. The zero-order chi connectivity index (χ0) is 30.3. The average molecular weight is 589 g/mol. The van der Waals surface area contributed by atoms with Crippen molar-refractivity contribution in [2.45, 2.75) is 51.5 Å². The summed E-state index contributed by atoms with van der Waals surface area (Å²) >= 11 is 5.73. The first-order valence-corrected chi connectivity index (χ1v) is 13.0. The maximum absolute atomic E-state index is 13.9. The van der Waals surface area contributed by atoms with Crippen molar-refractivity contribution >= 4 is 29.4 Å². The summed E-state index contributed by atoms with van der Waals surface area (Å²) in [5.41, 5.74) is -1.23. The normalized spacial score (nSPS) is 15.2. The number of pyridine rings is 1. The molecule has 1 atom stereocenters. The third-order valence-corrected chi connectivity index (χ3v) is 7.13. The fourth-order valence-electron chi connectivity index (χ4n) is 4.42. The summed E-state index contributed by atoms with van der Waals surface area (Å²) < 4.78 is 41.6. The van der Waals surface area contributed by atoms with Crippen molar-refractivity contribution in [3.63, 3.8) is 0 Å². The molecule has 13 heteroatoms. The van der Waals surface area contributed by atoms with E-state index >= 15 is 0 Å². The Labute approximate surface area is 239 Å². The van der Waals surface area contributed by atoms with Crippen molar-refractivity contribution in [1.82, 2.24) is 24.8 Å². The van der Waals surface area contributed by atoms with Crippen LogP contribution in [0.1, 0.15) is 58.4 Å². The van der Waals surface area contributed by atoms with Crippen LogP contribution in [0.3, 0.4) is 0 Å². The fourth-order valence-corrected chi connectivity index (χ4v) is 4.64.